The summed E-state index contributed by atoms with van der Waals surface area (Å²) < 4.78 is 15.4. The summed E-state index contributed by atoms with van der Waals surface area (Å²) in [5.41, 5.74) is 0.0592. The van der Waals surface area contributed by atoms with Crippen LogP contribution in [0.2, 0.25) is 0 Å². The maximum atomic E-state index is 13.9. The molecule has 0 unspecified atom stereocenters. The van der Waals surface area contributed by atoms with Gasteiger partial charge in [-0.1, -0.05) is 23.9 Å². The Hall–Kier alpha value is -1.89. The zero-order valence-corrected chi connectivity index (χ0v) is 13.8. The summed E-state index contributed by atoms with van der Waals surface area (Å²) in [6.07, 6.45) is 1.44. The minimum absolute atomic E-state index is 0.0967. The Bertz CT molecular complexity index is 666. The van der Waals surface area contributed by atoms with E-state index in [1.807, 2.05) is 20.8 Å². The van der Waals surface area contributed by atoms with E-state index in [2.05, 4.69) is 15.5 Å². The summed E-state index contributed by atoms with van der Waals surface area (Å²) >= 11 is 1.24. The van der Waals surface area contributed by atoms with Crippen LogP contribution in [-0.2, 0) is 4.79 Å². The van der Waals surface area contributed by atoms with Gasteiger partial charge in [0.25, 0.3) is 0 Å². The number of halogens is 1. The Kier molecular flexibility index (Phi) is 4.85. The van der Waals surface area contributed by atoms with E-state index in [4.69, 9.17) is 0 Å². The summed E-state index contributed by atoms with van der Waals surface area (Å²) in [4.78, 5) is 12.1. The van der Waals surface area contributed by atoms with Crippen LogP contribution in [-0.4, -0.2) is 31.5 Å². The highest BCUT2D eigenvalue weighted by Gasteiger charge is 2.22. The molecule has 0 saturated carbocycles. The molecule has 0 radical (unpaired) electrons. The fourth-order valence-electron chi connectivity index (χ4n) is 1.80. The van der Waals surface area contributed by atoms with E-state index < -0.39 is 0 Å². The molecule has 2 aromatic rings. The average Bonchev–Trinajstić information content (AvgIpc) is 2.85. The number of benzene rings is 1. The van der Waals surface area contributed by atoms with E-state index in [9.17, 15) is 9.18 Å². The number of rotatable bonds is 4. The van der Waals surface area contributed by atoms with Crippen molar-refractivity contribution < 1.29 is 9.18 Å². The molecule has 1 N–H and O–H groups in total. The number of hydrogen-bond donors (Lipinski definition) is 1. The van der Waals surface area contributed by atoms with Crippen molar-refractivity contribution in [3.05, 3.63) is 36.4 Å². The molecule has 0 bridgehead atoms. The number of nitrogens with zero attached hydrogens (tertiary/aromatic N) is 3. The van der Waals surface area contributed by atoms with Crippen molar-refractivity contribution in [2.24, 2.45) is 0 Å². The topological polar surface area (TPSA) is 59.8 Å². The minimum Gasteiger partial charge on any atom is -0.351 e. The Balaban J connectivity index is 2.17. The van der Waals surface area contributed by atoms with Gasteiger partial charge in [0, 0.05) is 5.54 Å². The van der Waals surface area contributed by atoms with Crippen LogP contribution in [0.1, 0.15) is 27.7 Å². The Labute approximate surface area is 133 Å². The number of hydrogen-bond acceptors (Lipinski definition) is 4. The first-order valence-corrected chi connectivity index (χ1v) is 7.79. The molecule has 1 heterocycles. The zero-order chi connectivity index (χ0) is 16.3. The smallest absolute Gasteiger partial charge is 0.233 e. The van der Waals surface area contributed by atoms with E-state index in [1.165, 1.54) is 24.2 Å². The van der Waals surface area contributed by atoms with Gasteiger partial charge in [0.1, 0.15) is 12.1 Å². The number of aromatic nitrogens is 3. The van der Waals surface area contributed by atoms with Crippen molar-refractivity contribution >= 4 is 17.7 Å². The van der Waals surface area contributed by atoms with Crippen LogP contribution in [0.5, 0.6) is 0 Å². The molecule has 0 saturated heterocycles. The monoisotopic (exact) mass is 322 g/mol. The van der Waals surface area contributed by atoms with E-state index in [-0.39, 0.29) is 22.5 Å². The SMILES string of the molecule is C[C@@H](Sc1nncn1-c1ccccc1F)C(=O)NC(C)(C)C. The maximum absolute atomic E-state index is 13.9. The highest BCUT2D eigenvalue weighted by atomic mass is 32.2. The van der Waals surface area contributed by atoms with E-state index in [0.717, 1.165) is 0 Å². The number of nitrogens with one attached hydrogen (secondary N) is 1. The van der Waals surface area contributed by atoms with Gasteiger partial charge in [-0.05, 0) is 39.8 Å². The van der Waals surface area contributed by atoms with Gasteiger partial charge in [0.15, 0.2) is 5.16 Å². The van der Waals surface area contributed by atoms with Gasteiger partial charge in [-0.15, -0.1) is 10.2 Å². The Morgan fingerprint density at radius 3 is 2.68 bits per heavy atom. The quantitative estimate of drug-likeness (QED) is 0.879. The van der Waals surface area contributed by atoms with Crippen LogP contribution in [0.4, 0.5) is 4.39 Å². The first-order valence-electron chi connectivity index (χ1n) is 6.91. The fraction of sp³-hybridized carbons (Fsp3) is 0.400. The molecule has 22 heavy (non-hydrogen) atoms. The molecule has 1 atom stereocenters. The van der Waals surface area contributed by atoms with E-state index in [1.54, 1.807) is 29.7 Å². The van der Waals surface area contributed by atoms with Crippen LogP contribution < -0.4 is 5.32 Å². The Morgan fingerprint density at radius 1 is 1.36 bits per heavy atom. The zero-order valence-electron chi connectivity index (χ0n) is 13.0. The maximum Gasteiger partial charge on any atom is 0.233 e. The molecule has 0 aliphatic rings. The van der Waals surface area contributed by atoms with Crippen molar-refractivity contribution in [1.29, 1.82) is 0 Å². The lowest BCUT2D eigenvalue weighted by molar-refractivity contribution is -0.121. The fourth-order valence-corrected chi connectivity index (χ4v) is 2.64. The normalized spacial score (nSPS) is 13.0. The lowest BCUT2D eigenvalue weighted by Gasteiger charge is -2.22. The van der Waals surface area contributed by atoms with Gasteiger partial charge < -0.3 is 5.32 Å². The van der Waals surface area contributed by atoms with Crippen molar-refractivity contribution in [3.8, 4) is 5.69 Å². The van der Waals surface area contributed by atoms with E-state index in [0.29, 0.717) is 10.8 Å². The molecule has 1 aromatic heterocycles. The molecule has 0 aliphatic carbocycles. The molecule has 7 heteroatoms. The van der Waals surface area contributed by atoms with Crippen molar-refractivity contribution in [2.45, 2.75) is 43.6 Å². The first kappa shape index (κ1) is 16.5. The number of carbonyl (C=O) groups is 1. The first-order chi connectivity index (χ1) is 10.3. The lowest BCUT2D eigenvalue weighted by atomic mass is 10.1. The largest absolute Gasteiger partial charge is 0.351 e. The summed E-state index contributed by atoms with van der Waals surface area (Å²) in [7, 11) is 0. The predicted octanol–water partition coefficient (Wildman–Crippen LogP) is 2.80. The van der Waals surface area contributed by atoms with Crippen LogP contribution in [0, 0.1) is 5.82 Å². The second kappa shape index (κ2) is 6.48. The van der Waals surface area contributed by atoms with Crippen LogP contribution in [0.3, 0.4) is 0 Å². The number of amides is 1. The molecule has 2 rings (SSSR count). The molecule has 118 valence electrons. The van der Waals surface area contributed by atoms with Gasteiger partial charge in [0.2, 0.25) is 5.91 Å². The van der Waals surface area contributed by atoms with Crippen molar-refractivity contribution in [1.82, 2.24) is 20.1 Å². The second-order valence-electron chi connectivity index (χ2n) is 5.93. The van der Waals surface area contributed by atoms with Crippen LogP contribution in [0.15, 0.2) is 35.7 Å². The molecule has 5 nitrogen and oxygen atoms in total. The summed E-state index contributed by atoms with van der Waals surface area (Å²) in [6.45, 7) is 7.55. The number of para-hydroxylation sites is 1. The number of thioether (sulfide) groups is 1. The molecule has 1 amide bonds. The van der Waals surface area contributed by atoms with Gasteiger partial charge in [-0.25, -0.2) is 4.39 Å². The Morgan fingerprint density at radius 2 is 2.05 bits per heavy atom. The third-order valence-corrected chi connectivity index (χ3v) is 3.83. The molecular weight excluding hydrogens is 303 g/mol. The average molecular weight is 322 g/mol. The van der Waals surface area contributed by atoms with E-state index >= 15 is 0 Å². The van der Waals surface area contributed by atoms with Crippen molar-refractivity contribution in [3.63, 3.8) is 0 Å². The molecular formula is C15H19FN4OS. The van der Waals surface area contributed by atoms with Crippen LogP contribution in [0.25, 0.3) is 5.69 Å². The predicted molar refractivity (Wildman–Crippen MR) is 84.5 cm³/mol. The summed E-state index contributed by atoms with van der Waals surface area (Å²) in [5.74, 6) is -0.462. The molecule has 0 spiro atoms. The second-order valence-corrected chi connectivity index (χ2v) is 7.24. The highest BCUT2D eigenvalue weighted by molar-refractivity contribution is 8.00. The molecule has 0 fully saturated rings. The number of carbonyl (C=O) groups excluding carboxylic acids is 1. The van der Waals surface area contributed by atoms with Gasteiger partial charge in [-0.2, -0.15) is 0 Å². The van der Waals surface area contributed by atoms with Gasteiger partial charge in [0.05, 0.1) is 10.9 Å². The summed E-state index contributed by atoms with van der Waals surface area (Å²) in [6, 6.07) is 6.38. The van der Waals surface area contributed by atoms with Crippen molar-refractivity contribution in [2.75, 3.05) is 0 Å². The lowest BCUT2D eigenvalue weighted by Crippen LogP contribution is -2.44. The standard InChI is InChI=1S/C15H19FN4OS/c1-10(13(21)18-15(2,3)4)22-14-19-17-9-20(14)12-8-6-5-7-11(12)16/h5-10H,1-4H3,(H,18,21)/t10-/m1/s1. The minimum atomic E-state index is -0.367. The van der Waals surface area contributed by atoms with Gasteiger partial charge in [-0.3, -0.25) is 9.36 Å². The molecule has 1 aromatic carbocycles. The third kappa shape index (κ3) is 4.07. The third-order valence-electron chi connectivity index (χ3n) is 2.78. The summed E-state index contributed by atoms with van der Waals surface area (Å²) in [5, 5.41) is 10.8. The van der Waals surface area contributed by atoms with Crippen LogP contribution >= 0.6 is 11.8 Å². The van der Waals surface area contributed by atoms with Gasteiger partial charge >= 0.3 is 0 Å². The molecule has 0 aliphatic heterocycles. The highest BCUT2D eigenvalue weighted by Crippen LogP contribution is 2.25.